The molecule has 1 saturated heterocycles. The number of rotatable bonds is 11. The number of sulfonamides is 1. The fourth-order valence-corrected chi connectivity index (χ4v) is 9.23. The average molecular weight is 769 g/mol. The number of carbonyl (C=O) groups excluding carboxylic acids is 4. The Labute approximate surface area is 313 Å². The lowest BCUT2D eigenvalue weighted by molar-refractivity contribution is -0.143. The summed E-state index contributed by atoms with van der Waals surface area (Å²) in [7, 11) is -4.11. The molecule has 5 atom stereocenters. The number of alkyl halides is 2. The molecule has 4 aliphatic carbocycles. The van der Waals surface area contributed by atoms with Gasteiger partial charge in [-0.05, 0) is 48.6 Å². The monoisotopic (exact) mass is 768 g/mol. The number of likely N-dealkylation sites (tertiary alicyclic amines) is 1. The third-order valence-electron chi connectivity index (χ3n) is 11.1. The lowest BCUT2D eigenvalue weighted by atomic mass is 9.85. The van der Waals surface area contributed by atoms with Gasteiger partial charge in [-0.2, -0.15) is 0 Å². The minimum atomic E-state index is -4.11. The zero-order chi connectivity index (χ0) is 38.6. The highest BCUT2D eigenvalue weighted by Crippen LogP contribution is 2.48. The number of fused-ring (bicyclic) bond motifs is 3. The first-order valence-electron chi connectivity index (χ1n) is 18.6. The highest BCUT2D eigenvalue weighted by Gasteiger charge is 2.67. The van der Waals surface area contributed by atoms with Crippen molar-refractivity contribution >= 4 is 39.5 Å². The Bertz CT molecular complexity index is 1930. The van der Waals surface area contributed by atoms with Crippen LogP contribution in [0.1, 0.15) is 83.3 Å². The largest absolute Gasteiger partial charge is 0.390 e. The molecule has 2 aromatic carbocycles. The summed E-state index contributed by atoms with van der Waals surface area (Å²) in [5.74, 6) is -4.41. The van der Waals surface area contributed by atoms with Gasteiger partial charge in [-0.1, -0.05) is 87.3 Å². The summed E-state index contributed by atoms with van der Waals surface area (Å²) in [5.41, 5.74) is 1.15. The molecule has 290 valence electrons. The van der Waals surface area contributed by atoms with Crippen molar-refractivity contribution in [3.63, 3.8) is 0 Å². The first kappa shape index (κ1) is 37.7. The number of amides is 5. The molecule has 5 aliphatic rings. The van der Waals surface area contributed by atoms with Gasteiger partial charge in [0.05, 0.1) is 17.7 Å². The van der Waals surface area contributed by atoms with Crippen LogP contribution in [0.15, 0.2) is 53.7 Å². The van der Waals surface area contributed by atoms with Crippen molar-refractivity contribution in [1.29, 1.82) is 0 Å². The lowest BCUT2D eigenvalue weighted by Gasteiger charge is -2.35. The Morgan fingerprint density at radius 3 is 2.06 bits per heavy atom. The second kappa shape index (κ2) is 14.2. The first-order valence-corrected chi connectivity index (χ1v) is 20.1. The summed E-state index contributed by atoms with van der Waals surface area (Å²) in [6, 6.07) is 12.4. The molecule has 4 fully saturated rings. The van der Waals surface area contributed by atoms with Gasteiger partial charge in [0.2, 0.25) is 28.3 Å². The van der Waals surface area contributed by atoms with Gasteiger partial charge in [0.25, 0.3) is 5.91 Å². The molecule has 0 spiro atoms. The maximum absolute atomic E-state index is 14.5. The number of benzene rings is 2. The Morgan fingerprint density at radius 1 is 0.926 bits per heavy atom. The topological polar surface area (TPSA) is 175 Å². The van der Waals surface area contributed by atoms with Crippen LogP contribution in [0.3, 0.4) is 0 Å². The van der Waals surface area contributed by atoms with Gasteiger partial charge in [-0.15, -0.1) is 0 Å². The van der Waals surface area contributed by atoms with Gasteiger partial charge in [0.15, 0.2) is 0 Å². The zero-order valence-corrected chi connectivity index (χ0v) is 31.3. The van der Waals surface area contributed by atoms with Gasteiger partial charge in [-0.25, -0.2) is 22.0 Å². The first-order chi connectivity index (χ1) is 25.6. The maximum Gasteiger partial charge on any atom is 0.315 e. The molecule has 4 N–H and O–H groups in total. The Balaban J connectivity index is 1.16. The summed E-state index contributed by atoms with van der Waals surface area (Å²) in [4.78, 5) is 62.5. The standard InChI is InChI=1S/C38H46F2N6O7S/c1-37(2,3)31(42-36(50)41-21-10-4-5-11-21)34(48)46-20-22(53-44-30-26-14-8-6-12-24(26)25-13-7-9-15-27(25)30)18-29(46)33(47)43-38(19-28(38)32(39)40)35(49)45-54(51,52)23-16-17-23/h6-9,12-15,21-23,28-29,31-32H,4-5,10-11,16-20H2,1-3H3,(H,43,47)(H,45,49)(H2,41,42,50)/t22-,28+,29?,31-,38+/m1/s1. The van der Waals surface area contributed by atoms with Crippen LogP contribution in [0.2, 0.25) is 0 Å². The van der Waals surface area contributed by atoms with Crippen LogP contribution in [0, 0.1) is 11.3 Å². The number of urea groups is 1. The summed E-state index contributed by atoms with van der Waals surface area (Å²) >= 11 is 0. The highest BCUT2D eigenvalue weighted by atomic mass is 32.2. The number of halogens is 2. The molecule has 0 radical (unpaired) electrons. The van der Waals surface area contributed by atoms with E-state index in [9.17, 15) is 36.4 Å². The van der Waals surface area contributed by atoms with Crippen molar-refractivity contribution < 1.29 is 41.2 Å². The van der Waals surface area contributed by atoms with E-state index in [-0.39, 0.29) is 19.0 Å². The molecule has 1 unspecified atom stereocenters. The van der Waals surface area contributed by atoms with E-state index >= 15 is 0 Å². The SMILES string of the molecule is CC(C)(C)[C@H](NC(=O)NC1CCCC1)C(=O)N1C[C@H](ON=C2c3ccccc3-c3ccccc32)CC1C(=O)N[C@@]1(C(=O)NS(=O)(=O)C2CC2)C[C@H]1C(F)F. The summed E-state index contributed by atoms with van der Waals surface area (Å²) in [6.07, 6.45) is -0.201. The van der Waals surface area contributed by atoms with E-state index in [1.54, 1.807) is 20.8 Å². The van der Waals surface area contributed by atoms with Gasteiger partial charge in [-0.3, -0.25) is 19.1 Å². The van der Waals surface area contributed by atoms with Gasteiger partial charge < -0.3 is 25.7 Å². The molecule has 7 rings (SSSR count). The molecule has 5 amide bonds. The van der Waals surface area contributed by atoms with Crippen molar-refractivity contribution in [3.8, 4) is 11.1 Å². The van der Waals surface area contributed by atoms with Gasteiger partial charge in [0.1, 0.15) is 29.4 Å². The molecular weight excluding hydrogens is 723 g/mol. The molecule has 1 heterocycles. The van der Waals surface area contributed by atoms with E-state index in [1.165, 1.54) is 4.90 Å². The average Bonchev–Trinajstić information content (AvgIpc) is 3.97. The molecule has 0 aromatic heterocycles. The van der Waals surface area contributed by atoms with Crippen LogP contribution in [0.25, 0.3) is 11.1 Å². The predicted octanol–water partition coefficient (Wildman–Crippen LogP) is 3.81. The van der Waals surface area contributed by atoms with E-state index in [0.29, 0.717) is 18.6 Å². The van der Waals surface area contributed by atoms with Crippen molar-refractivity contribution in [2.24, 2.45) is 16.5 Å². The molecule has 13 nitrogen and oxygen atoms in total. The van der Waals surface area contributed by atoms with Crippen LogP contribution in [0.5, 0.6) is 0 Å². The fraction of sp³-hybridized carbons (Fsp3) is 0.553. The third-order valence-corrected chi connectivity index (χ3v) is 13.0. The fourth-order valence-electron chi connectivity index (χ4n) is 7.87. The second-order valence-corrected chi connectivity index (χ2v) is 18.1. The van der Waals surface area contributed by atoms with E-state index in [1.807, 2.05) is 53.3 Å². The van der Waals surface area contributed by atoms with Gasteiger partial charge >= 0.3 is 6.03 Å². The van der Waals surface area contributed by atoms with E-state index in [0.717, 1.165) is 47.9 Å². The number of hydrogen-bond acceptors (Lipinski definition) is 8. The van der Waals surface area contributed by atoms with Crippen molar-refractivity contribution in [2.45, 2.75) is 114 Å². The second-order valence-electron chi connectivity index (χ2n) is 16.2. The van der Waals surface area contributed by atoms with Crippen LogP contribution in [-0.2, 0) is 29.2 Å². The van der Waals surface area contributed by atoms with Crippen molar-refractivity contribution in [3.05, 3.63) is 59.7 Å². The van der Waals surface area contributed by atoms with Crippen molar-refractivity contribution in [1.82, 2.24) is 25.6 Å². The van der Waals surface area contributed by atoms with E-state index in [2.05, 4.69) is 21.1 Å². The maximum atomic E-state index is 14.5. The summed E-state index contributed by atoms with van der Waals surface area (Å²) < 4.78 is 55.4. The minimum absolute atomic E-state index is 0.0267. The van der Waals surface area contributed by atoms with Crippen LogP contribution in [0.4, 0.5) is 13.6 Å². The molecule has 0 bridgehead atoms. The Hall–Kier alpha value is -4.60. The normalized spacial score (nSPS) is 25.4. The van der Waals surface area contributed by atoms with Crippen molar-refractivity contribution in [2.75, 3.05) is 6.54 Å². The number of nitrogens with zero attached hydrogens (tertiary/aromatic N) is 2. The highest BCUT2D eigenvalue weighted by molar-refractivity contribution is 7.91. The van der Waals surface area contributed by atoms with Gasteiger partial charge in [0, 0.05) is 23.6 Å². The molecular formula is C38H46F2N6O7S. The quantitative estimate of drug-likeness (QED) is 0.215. The molecule has 2 aromatic rings. The molecule has 54 heavy (non-hydrogen) atoms. The van der Waals surface area contributed by atoms with E-state index < -0.39 is 86.9 Å². The summed E-state index contributed by atoms with van der Waals surface area (Å²) in [5, 5.41) is 11.9. The smallest absolute Gasteiger partial charge is 0.315 e. The number of carbonyl (C=O) groups is 4. The minimum Gasteiger partial charge on any atom is -0.390 e. The lowest BCUT2D eigenvalue weighted by Crippen LogP contribution is -2.61. The van der Waals surface area contributed by atoms with Crippen LogP contribution in [-0.4, -0.2) is 90.8 Å². The van der Waals surface area contributed by atoms with Crippen LogP contribution >= 0.6 is 0 Å². The molecule has 1 aliphatic heterocycles. The third kappa shape index (κ3) is 7.40. The van der Waals surface area contributed by atoms with Crippen LogP contribution < -0.4 is 20.7 Å². The summed E-state index contributed by atoms with van der Waals surface area (Å²) in [6.45, 7) is 5.15. The molecule has 3 saturated carbocycles. The molecule has 16 heteroatoms. The Morgan fingerprint density at radius 2 is 1.52 bits per heavy atom. The zero-order valence-electron chi connectivity index (χ0n) is 30.4. The number of nitrogens with one attached hydrogen (secondary N) is 4. The number of oxime groups is 1. The predicted molar refractivity (Wildman–Crippen MR) is 195 cm³/mol. The Kier molecular flexibility index (Phi) is 9.94. The van der Waals surface area contributed by atoms with E-state index in [4.69, 9.17) is 4.84 Å². The number of hydrogen-bond donors (Lipinski definition) is 4.